The molecule has 2 aliphatic rings. The number of hydrogen-bond donors (Lipinski definition) is 1. The molecular formula is C27H34N4O3. The molecule has 1 N–H and O–H groups in total. The van der Waals surface area contributed by atoms with E-state index in [-0.39, 0.29) is 23.8 Å². The fourth-order valence-electron chi connectivity index (χ4n) is 5.12. The van der Waals surface area contributed by atoms with Gasteiger partial charge in [0.15, 0.2) is 0 Å². The van der Waals surface area contributed by atoms with Crippen LogP contribution in [0, 0.1) is 5.92 Å². The zero-order chi connectivity index (χ0) is 24.1. The summed E-state index contributed by atoms with van der Waals surface area (Å²) in [5, 5.41) is 3.12. The smallest absolute Gasteiger partial charge is 0.325 e. The number of aryl methyl sites for hydroxylation is 1. The Hall–Kier alpha value is -3.19. The zero-order valence-electron chi connectivity index (χ0n) is 20.1. The van der Waals surface area contributed by atoms with E-state index in [0.29, 0.717) is 57.4 Å². The van der Waals surface area contributed by atoms with E-state index in [2.05, 4.69) is 17.4 Å². The van der Waals surface area contributed by atoms with E-state index in [1.165, 1.54) is 4.90 Å². The van der Waals surface area contributed by atoms with Crippen molar-refractivity contribution in [1.82, 2.24) is 20.0 Å². The van der Waals surface area contributed by atoms with Gasteiger partial charge in [-0.1, -0.05) is 48.5 Å². The molecule has 0 unspecified atom stereocenters. The van der Waals surface area contributed by atoms with Gasteiger partial charge in [-0.05, 0) is 63.4 Å². The van der Waals surface area contributed by atoms with E-state index in [9.17, 15) is 14.4 Å². The van der Waals surface area contributed by atoms with Crippen LogP contribution in [0.2, 0.25) is 0 Å². The summed E-state index contributed by atoms with van der Waals surface area (Å²) in [7, 11) is 3.86. The monoisotopic (exact) mass is 462 g/mol. The van der Waals surface area contributed by atoms with Crippen molar-refractivity contribution in [1.29, 1.82) is 0 Å². The minimum atomic E-state index is -0.929. The standard InChI is InChI=1S/C27H34N4O3/c1-29(2)19-20-31-25(33)27(28-26(31)34,16-13-21-9-5-3-6-10-21)23-14-17-30(18-15-23)24(32)22-11-7-4-8-12-22/h3-12,23H,13-20H2,1-2H3,(H,28,34)/t27-/m0/s1. The van der Waals surface area contributed by atoms with Crippen molar-refractivity contribution < 1.29 is 14.4 Å². The third-order valence-electron chi connectivity index (χ3n) is 7.12. The topological polar surface area (TPSA) is 73.0 Å². The maximum absolute atomic E-state index is 13.8. The number of urea groups is 1. The zero-order valence-corrected chi connectivity index (χ0v) is 20.1. The van der Waals surface area contributed by atoms with Gasteiger partial charge in [-0.3, -0.25) is 14.5 Å². The molecule has 0 spiro atoms. The summed E-state index contributed by atoms with van der Waals surface area (Å²) in [6.07, 6.45) is 2.62. The lowest BCUT2D eigenvalue weighted by molar-refractivity contribution is -0.134. The maximum Gasteiger partial charge on any atom is 0.325 e. The van der Waals surface area contributed by atoms with Crippen LogP contribution >= 0.6 is 0 Å². The number of rotatable bonds is 8. The number of likely N-dealkylation sites (N-methyl/N-ethyl adjacent to an activating group) is 1. The quantitative estimate of drug-likeness (QED) is 0.612. The summed E-state index contributed by atoms with van der Waals surface area (Å²) < 4.78 is 0. The van der Waals surface area contributed by atoms with Crippen molar-refractivity contribution in [3.8, 4) is 0 Å². The summed E-state index contributed by atoms with van der Waals surface area (Å²) in [6.45, 7) is 2.15. The van der Waals surface area contributed by atoms with Crippen LogP contribution in [0.15, 0.2) is 60.7 Å². The van der Waals surface area contributed by atoms with Gasteiger partial charge in [0, 0.05) is 31.7 Å². The summed E-state index contributed by atoms with van der Waals surface area (Å²) >= 11 is 0. The first kappa shape index (κ1) is 24.0. The minimum Gasteiger partial charge on any atom is -0.339 e. The normalized spacial score (nSPS) is 21.3. The first-order valence-corrected chi connectivity index (χ1v) is 12.1. The van der Waals surface area contributed by atoms with Gasteiger partial charge >= 0.3 is 6.03 Å². The van der Waals surface area contributed by atoms with E-state index < -0.39 is 5.54 Å². The van der Waals surface area contributed by atoms with Gasteiger partial charge in [0.1, 0.15) is 5.54 Å². The van der Waals surface area contributed by atoms with Crippen LogP contribution in [0.4, 0.5) is 4.79 Å². The average Bonchev–Trinajstić information content (AvgIpc) is 3.11. The van der Waals surface area contributed by atoms with Crippen LogP contribution in [0.25, 0.3) is 0 Å². The van der Waals surface area contributed by atoms with Crippen molar-refractivity contribution in [3.63, 3.8) is 0 Å². The van der Waals surface area contributed by atoms with Crippen molar-refractivity contribution in [2.24, 2.45) is 5.92 Å². The summed E-state index contributed by atoms with van der Waals surface area (Å²) in [6, 6.07) is 19.1. The molecule has 2 aromatic rings. The fourth-order valence-corrected chi connectivity index (χ4v) is 5.12. The average molecular weight is 463 g/mol. The first-order chi connectivity index (χ1) is 16.4. The predicted octanol–water partition coefficient (Wildman–Crippen LogP) is 3.02. The predicted molar refractivity (Wildman–Crippen MR) is 131 cm³/mol. The number of carbonyl (C=O) groups is 3. The van der Waals surface area contributed by atoms with Gasteiger partial charge in [0.2, 0.25) is 0 Å². The van der Waals surface area contributed by atoms with Crippen LogP contribution in [0.1, 0.15) is 35.2 Å². The highest BCUT2D eigenvalue weighted by Gasteiger charge is 2.55. The molecule has 34 heavy (non-hydrogen) atoms. The molecule has 4 amide bonds. The van der Waals surface area contributed by atoms with E-state index in [1.807, 2.05) is 72.4 Å². The molecule has 180 valence electrons. The number of carbonyl (C=O) groups excluding carboxylic acids is 3. The van der Waals surface area contributed by atoms with Crippen molar-refractivity contribution >= 4 is 17.8 Å². The SMILES string of the molecule is CN(C)CCN1C(=O)N[C@@](CCc2ccccc2)(C2CCN(C(=O)c3ccccc3)CC2)C1=O. The van der Waals surface area contributed by atoms with Crippen molar-refractivity contribution in [2.75, 3.05) is 40.3 Å². The second-order valence-electron chi connectivity index (χ2n) is 9.58. The Labute approximate surface area is 201 Å². The largest absolute Gasteiger partial charge is 0.339 e. The molecular weight excluding hydrogens is 428 g/mol. The summed E-state index contributed by atoms with van der Waals surface area (Å²) in [5.41, 5.74) is 0.897. The molecule has 0 aromatic heterocycles. The van der Waals surface area contributed by atoms with Gasteiger partial charge in [-0.15, -0.1) is 0 Å². The van der Waals surface area contributed by atoms with Crippen LogP contribution in [0.5, 0.6) is 0 Å². The molecule has 2 aromatic carbocycles. The molecule has 2 saturated heterocycles. The number of piperidine rings is 1. The Balaban J connectivity index is 1.51. The van der Waals surface area contributed by atoms with Crippen molar-refractivity contribution in [2.45, 2.75) is 31.2 Å². The molecule has 7 nitrogen and oxygen atoms in total. The Morgan fingerprint density at radius 1 is 1.00 bits per heavy atom. The molecule has 0 saturated carbocycles. The number of nitrogens with zero attached hydrogens (tertiary/aromatic N) is 3. The van der Waals surface area contributed by atoms with Gasteiger partial charge in [-0.25, -0.2) is 4.79 Å². The van der Waals surface area contributed by atoms with Gasteiger partial charge < -0.3 is 15.1 Å². The summed E-state index contributed by atoms with van der Waals surface area (Å²) in [4.78, 5) is 44.8. The van der Waals surface area contributed by atoms with Crippen LogP contribution in [-0.4, -0.2) is 78.4 Å². The maximum atomic E-state index is 13.8. The number of imide groups is 1. The number of likely N-dealkylation sites (tertiary alicyclic amines) is 1. The molecule has 2 aliphatic heterocycles. The number of hydrogen-bond acceptors (Lipinski definition) is 4. The fraction of sp³-hybridized carbons (Fsp3) is 0.444. The van der Waals surface area contributed by atoms with E-state index in [4.69, 9.17) is 0 Å². The molecule has 2 heterocycles. The molecule has 7 heteroatoms. The lowest BCUT2D eigenvalue weighted by atomic mass is 9.74. The highest BCUT2D eigenvalue weighted by molar-refractivity contribution is 6.07. The Kier molecular flexibility index (Phi) is 7.32. The van der Waals surface area contributed by atoms with Crippen LogP contribution < -0.4 is 5.32 Å². The van der Waals surface area contributed by atoms with Crippen LogP contribution in [-0.2, 0) is 11.2 Å². The number of amides is 4. The van der Waals surface area contributed by atoms with Gasteiger partial charge in [0.25, 0.3) is 11.8 Å². The lowest BCUT2D eigenvalue weighted by Gasteiger charge is -2.41. The summed E-state index contributed by atoms with van der Waals surface area (Å²) in [5.74, 6) is -0.119. The highest BCUT2D eigenvalue weighted by Crippen LogP contribution is 2.37. The molecule has 4 rings (SSSR count). The third kappa shape index (κ3) is 4.99. The first-order valence-electron chi connectivity index (χ1n) is 12.1. The minimum absolute atomic E-state index is 0.0168. The Bertz CT molecular complexity index is 1000. The Morgan fingerprint density at radius 2 is 1.62 bits per heavy atom. The van der Waals surface area contributed by atoms with Crippen LogP contribution in [0.3, 0.4) is 0 Å². The Morgan fingerprint density at radius 3 is 2.24 bits per heavy atom. The van der Waals surface area contributed by atoms with E-state index in [1.54, 1.807) is 0 Å². The van der Waals surface area contributed by atoms with Crippen molar-refractivity contribution in [3.05, 3.63) is 71.8 Å². The molecule has 2 fully saturated rings. The van der Waals surface area contributed by atoms with Gasteiger partial charge in [0.05, 0.1) is 0 Å². The highest BCUT2D eigenvalue weighted by atomic mass is 16.2. The molecule has 0 bridgehead atoms. The van der Waals surface area contributed by atoms with Gasteiger partial charge in [-0.2, -0.15) is 0 Å². The molecule has 0 radical (unpaired) electrons. The number of nitrogens with one attached hydrogen (secondary N) is 1. The third-order valence-corrected chi connectivity index (χ3v) is 7.12. The number of benzene rings is 2. The molecule has 0 aliphatic carbocycles. The lowest BCUT2D eigenvalue weighted by Crippen LogP contribution is -2.57. The van der Waals surface area contributed by atoms with E-state index in [0.717, 1.165) is 5.56 Å². The van der Waals surface area contributed by atoms with E-state index >= 15 is 0 Å². The second kappa shape index (κ2) is 10.4. The second-order valence-corrected chi connectivity index (χ2v) is 9.58. The molecule has 1 atom stereocenters.